The Bertz CT molecular complexity index is 979. The van der Waals surface area contributed by atoms with Crippen molar-refractivity contribution in [2.45, 2.75) is 25.0 Å². The number of hydrogen-bond donors (Lipinski definition) is 1. The summed E-state index contributed by atoms with van der Waals surface area (Å²) in [5, 5.41) is 21.4. The molecule has 0 aliphatic heterocycles. The van der Waals surface area contributed by atoms with Crippen LogP contribution in [0.25, 0.3) is 11.4 Å². The van der Waals surface area contributed by atoms with E-state index >= 15 is 0 Å². The second-order valence-electron chi connectivity index (χ2n) is 6.34. The number of rotatable bonds is 9. The number of carbonyl (C=O) groups excluding carboxylic acids is 1. The molecule has 0 fully saturated rings. The molecule has 2 heterocycles. The fraction of sp³-hybridized carbons (Fsp3) is 0.316. The molecule has 1 aromatic carbocycles. The second-order valence-corrected chi connectivity index (χ2v) is 8.34. The van der Waals surface area contributed by atoms with Gasteiger partial charge in [0.1, 0.15) is 5.01 Å². The van der Waals surface area contributed by atoms with Crippen LogP contribution in [0.2, 0.25) is 0 Å². The summed E-state index contributed by atoms with van der Waals surface area (Å²) in [5.41, 5.74) is 2.07. The van der Waals surface area contributed by atoms with Gasteiger partial charge in [-0.05, 0) is 30.7 Å². The molecule has 0 saturated heterocycles. The first-order valence-corrected chi connectivity index (χ1v) is 10.9. The summed E-state index contributed by atoms with van der Waals surface area (Å²) < 4.78 is 1.95. The number of nitrogens with zero attached hydrogens (tertiary/aromatic N) is 6. The molecule has 0 aliphatic rings. The summed E-state index contributed by atoms with van der Waals surface area (Å²) >= 11 is 2.71. The Balaban J connectivity index is 1.70. The van der Waals surface area contributed by atoms with Gasteiger partial charge in [0.05, 0.1) is 5.75 Å². The number of aromatic nitrogens is 5. The highest BCUT2D eigenvalue weighted by Gasteiger charge is 2.16. The number of anilines is 2. The topological polar surface area (TPSA) is 88.8 Å². The van der Waals surface area contributed by atoms with Crippen molar-refractivity contribution >= 4 is 39.8 Å². The van der Waals surface area contributed by atoms with E-state index < -0.39 is 0 Å². The molecule has 0 atom stereocenters. The minimum atomic E-state index is -0.154. The highest BCUT2D eigenvalue weighted by atomic mass is 32.2. The minimum Gasteiger partial charge on any atom is -0.378 e. The Labute approximate surface area is 178 Å². The zero-order valence-corrected chi connectivity index (χ0v) is 18.3. The fourth-order valence-electron chi connectivity index (χ4n) is 2.54. The Kier molecular flexibility index (Phi) is 6.99. The molecule has 3 aromatic rings. The summed E-state index contributed by atoms with van der Waals surface area (Å²) in [4.78, 5) is 14.3. The van der Waals surface area contributed by atoms with Crippen molar-refractivity contribution in [3.05, 3.63) is 41.9 Å². The normalized spacial score (nSPS) is 10.7. The first kappa shape index (κ1) is 21.0. The van der Waals surface area contributed by atoms with Crippen LogP contribution in [-0.4, -0.2) is 50.7 Å². The van der Waals surface area contributed by atoms with Crippen LogP contribution in [0.1, 0.15) is 11.9 Å². The van der Waals surface area contributed by atoms with Gasteiger partial charge in [-0.1, -0.05) is 36.1 Å². The maximum atomic E-state index is 12.3. The molecule has 3 rings (SSSR count). The quantitative estimate of drug-likeness (QED) is 0.412. The molecule has 1 N–H and O–H groups in total. The number of allylic oxidation sites excluding steroid dienone is 1. The minimum absolute atomic E-state index is 0.154. The van der Waals surface area contributed by atoms with Gasteiger partial charge in [0, 0.05) is 31.9 Å². The van der Waals surface area contributed by atoms with Crippen molar-refractivity contribution in [1.29, 1.82) is 0 Å². The smallest absolute Gasteiger partial charge is 0.236 e. The predicted molar refractivity (Wildman–Crippen MR) is 119 cm³/mol. The highest BCUT2D eigenvalue weighted by molar-refractivity contribution is 7.99. The third-order valence-corrected chi connectivity index (χ3v) is 5.97. The van der Waals surface area contributed by atoms with Gasteiger partial charge in [-0.2, -0.15) is 0 Å². The lowest BCUT2D eigenvalue weighted by molar-refractivity contribution is -0.113. The van der Waals surface area contributed by atoms with E-state index in [1.54, 1.807) is 6.08 Å². The summed E-state index contributed by atoms with van der Waals surface area (Å²) in [6, 6.07) is 8.10. The average Bonchev–Trinajstić information content (AvgIpc) is 3.33. The standard InChI is InChI=1S/C19H23N7OS2/c1-5-11-26-17(13-7-9-14(10-8-13)25(3)4)22-24-19(26)28-12-15(27)20-18-23-21-16(6-2)29-18/h5,7-10H,1,6,11-12H2,2-4H3,(H,20,23,27). The molecule has 8 nitrogen and oxygen atoms in total. The lowest BCUT2D eigenvalue weighted by atomic mass is 10.2. The molecule has 10 heteroatoms. The Morgan fingerprint density at radius 2 is 2.00 bits per heavy atom. The number of hydrogen-bond acceptors (Lipinski definition) is 8. The van der Waals surface area contributed by atoms with Gasteiger partial charge in [0.2, 0.25) is 11.0 Å². The number of amides is 1. The zero-order chi connectivity index (χ0) is 20.8. The SMILES string of the molecule is C=CCn1c(SCC(=O)Nc2nnc(CC)s2)nnc1-c1ccc(N(C)C)cc1. The zero-order valence-electron chi connectivity index (χ0n) is 16.6. The first-order chi connectivity index (χ1) is 14.0. The Morgan fingerprint density at radius 1 is 1.24 bits per heavy atom. The van der Waals surface area contributed by atoms with Crippen molar-refractivity contribution in [2.24, 2.45) is 0 Å². The van der Waals surface area contributed by atoms with E-state index in [2.05, 4.69) is 32.3 Å². The van der Waals surface area contributed by atoms with Crippen LogP contribution >= 0.6 is 23.1 Å². The predicted octanol–water partition coefficient (Wildman–Crippen LogP) is 3.34. The van der Waals surface area contributed by atoms with E-state index in [-0.39, 0.29) is 11.7 Å². The third kappa shape index (κ3) is 5.21. The monoisotopic (exact) mass is 429 g/mol. The summed E-state index contributed by atoms with van der Waals surface area (Å²) in [7, 11) is 4.00. The third-order valence-electron chi connectivity index (χ3n) is 4.02. The van der Waals surface area contributed by atoms with Gasteiger partial charge in [0.25, 0.3) is 0 Å². The summed E-state index contributed by atoms with van der Waals surface area (Å²) in [5.74, 6) is 0.796. The highest BCUT2D eigenvalue weighted by Crippen LogP contribution is 2.26. The Hall–Kier alpha value is -2.72. The van der Waals surface area contributed by atoms with Crippen LogP contribution in [0.15, 0.2) is 42.1 Å². The van der Waals surface area contributed by atoms with Crippen LogP contribution in [0.3, 0.4) is 0 Å². The van der Waals surface area contributed by atoms with Gasteiger partial charge in [0.15, 0.2) is 11.0 Å². The van der Waals surface area contributed by atoms with Gasteiger partial charge < -0.3 is 4.90 Å². The lowest BCUT2D eigenvalue weighted by Gasteiger charge is -2.13. The molecule has 0 unspecified atom stereocenters. The average molecular weight is 430 g/mol. The van der Waals surface area contributed by atoms with E-state index in [1.807, 2.05) is 54.8 Å². The van der Waals surface area contributed by atoms with Crippen LogP contribution < -0.4 is 10.2 Å². The van der Waals surface area contributed by atoms with Gasteiger partial charge in [-0.25, -0.2) is 0 Å². The van der Waals surface area contributed by atoms with Crippen LogP contribution in [0, 0.1) is 0 Å². The van der Waals surface area contributed by atoms with Crippen LogP contribution in [0.5, 0.6) is 0 Å². The second kappa shape index (κ2) is 9.66. The number of thioether (sulfide) groups is 1. The number of carbonyl (C=O) groups is 1. The Morgan fingerprint density at radius 3 is 2.62 bits per heavy atom. The maximum Gasteiger partial charge on any atom is 0.236 e. The van der Waals surface area contributed by atoms with Crippen molar-refractivity contribution in [3.8, 4) is 11.4 Å². The van der Waals surface area contributed by atoms with Gasteiger partial charge in [-0.15, -0.1) is 27.0 Å². The van der Waals surface area contributed by atoms with E-state index in [4.69, 9.17) is 0 Å². The van der Waals surface area contributed by atoms with Gasteiger partial charge >= 0.3 is 0 Å². The number of benzene rings is 1. The molecule has 0 bridgehead atoms. The van der Waals surface area contributed by atoms with Crippen molar-refractivity contribution < 1.29 is 4.79 Å². The fourth-order valence-corrected chi connectivity index (χ4v) is 3.99. The first-order valence-electron chi connectivity index (χ1n) is 9.08. The van der Waals surface area contributed by atoms with Crippen LogP contribution in [-0.2, 0) is 17.8 Å². The largest absolute Gasteiger partial charge is 0.378 e. The molecule has 29 heavy (non-hydrogen) atoms. The molecular weight excluding hydrogens is 406 g/mol. The molecule has 152 valence electrons. The molecule has 2 aromatic heterocycles. The number of nitrogens with one attached hydrogen (secondary N) is 1. The molecule has 0 saturated carbocycles. The van der Waals surface area contributed by atoms with Gasteiger partial charge in [-0.3, -0.25) is 14.7 Å². The lowest BCUT2D eigenvalue weighted by Crippen LogP contribution is -2.14. The molecular formula is C19H23N7OS2. The maximum absolute atomic E-state index is 12.3. The van der Waals surface area contributed by atoms with Crippen molar-refractivity contribution in [1.82, 2.24) is 25.0 Å². The van der Waals surface area contributed by atoms with E-state index in [9.17, 15) is 4.79 Å². The van der Waals surface area contributed by atoms with Crippen LogP contribution in [0.4, 0.5) is 10.8 Å². The molecule has 1 amide bonds. The summed E-state index contributed by atoms with van der Waals surface area (Å²) in [6.07, 6.45) is 2.59. The van der Waals surface area contributed by atoms with E-state index in [0.29, 0.717) is 16.8 Å². The van der Waals surface area contributed by atoms with E-state index in [0.717, 1.165) is 28.5 Å². The van der Waals surface area contributed by atoms with E-state index in [1.165, 1.54) is 23.1 Å². The summed E-state index contributed by atoms with van der Waals surface area (Å²) in [6.45, 7) is 6.38. The van der Waals surface area contributed by atoms with Crippen molar-refractivity contribution in [2.75, 3.05) is 30.1 Å². The number of aryl methyl sites for hydroxylation is 1. The molecule has 0 spiro atoms. The van der Waals surface area contributed by atoms with Crippen molar-refractivity contribution in [3.63, 3.8) is 0 Å². The molecule has 0 aliphatic carbocycles. The molecule has 0 radical (unpaired) electrons.